The van der Waals surface area contributed by atoms with Gasteiger partial charge in [-0.2, -0.15) is 0 Å². The lowest BCUT2D eigenvalue weighted by molar-refractivity contribution is -0.150. The number of carboxylic acids is 1. The van der Waals surface area contributed by atoms with Crippen LogP contribution in [0.3, 0.4) is 0 Å². The van der Waals surface area contributed by atoms with Crippen molar-refractivity contribution < 1.29 is 24.3 Å². The number of nitrogens with zero attached hydrogens (tertiary/aromatic N) is 3. The molecule has 1 unspecified atom stereocenters. The molecule has 0 spiro atoms. The number of hydrogen-bond donors (Lipinski definition) is 3. The third kappa shape index (κ3) is 3.33. The number of pyridine rings is 1. The molecule has 1 aromatic heterocycles. The van der Waals surface area contributed by atoms with Crippen molar-refractivity contribution in [2.45, 2.75) is 18.3 Å². The minimum atomic E-state index is -1.17. The molecule has 1 aromatic rings. The molecule has 0 radical (unpaired) electrons. The zero-order chi connectivity index (χ0) is 19.7. The first kappa shape index (κ1) is 18.7. The number of amides is 2. The van der Waals surface area contributed by atoms with Crippen LogP contribution in [0, 0.1) is 0 Å². The van der Waals surface area contributed by atoms with Crippen LogP contribution < -0.4 is 11.1 Å². The highest BCUT2D eigenvalue weighted by Crippen LogP contribution is 2.40. The summed E-state index contributed by atoms with van der Waals surface area (Å²) in [4.78, 5) is 46.5. The number of nitrogen functional groups attached to an aromatic ring is 1. The van der Waals surface area contributed by atoms with Crippen molar-refractivity contribution in [3.63, 3.8) is 0 Å². The molecule has 2 amide bonds. The summed E-state index contributed by atoms with van der Waals surface area (Å²) in [6, 6.07) is 3.83. The normalized spacial score (nSPS) is 22.1. The van der Waals surface area contributed by atoms with Gasteiger partial charge in [-0.05, 0) is 24.6 Å². The first-order chi connectivity index (χ1) is 12.8. The number of fused-ring (bicyclic) bond motifs is 1. The third-order valence-corrected chi connectivity index (χ3v) is 5.48. The second-order valence-electron chi connectivity index (χ2n) is 5.87. The highest BCUT2D eigenvalue weighted by Gasteiger charge is 2.54. The van der Waals surface area contributed by atoms with Gasteiger partial charge in [0.15, 0.2) is 5.71 Å². The van der Waals surface area contributed by atoms with Crippen LogP contribution >= 0.6 is 11.8 Å². The molecule has 2 aliphatic heterocycles. The fourth-order valence-corrected chi connectivity index (χ4v) is 4.16. The number of carbonyl (C=O) groups is 3. The molecule has 10 nitrogen and oxygen atoms in total. The number of β-lactam (4-membered cyclic amide) rings is 1. The molecule has 3 heterocycles. The summed E-state index contributed by atoms with van der Waals surface area (Å²) < 4.78 is 0. The molecule has 0 aliphatic carbocycles. The average molecular weight is 391 g/mol. The Morgan fingerprint density at radius 2 is 2.22 bits per heavy atom. The molecule has 1 fully saturated rings. The second-order valence-corrected chi connectivity index (χ2v) is 6.97. The first-order valence-electron chi connectivity index (χ1n) is 7.87. The Kier molecular flexibility index (Phi) is 5.04. The molecule has 27 heavy (non-hydrogen) atoms. The maximum atomic E-state index is 12.6. The van der Waals surface area contributed by atoms with Crippen molar-refractivity contribution in [2.24, 2.45) is 5.16 Å². The van der Waals surface area contributed by atoms with Gasteiger partial charge in [0.1, 0.15) is 35.7 Å². The zero-order valence-corrected chi connectivity index (χ0v) is 15.3. The highest BCUT2D eigenvalue weighted by molar-refractivity contribution is 8.00. The Hall–Kier alpha value is -3.08. The topological polar surface area (TPSA) is 147 Å². The van der Waals surface area contributed by atoms with Crippen molar-refractivity contribution in [2.75, 3.05) is 18.6 Å². The van der Waals surface area contributed by atoms with Gasteiger partial charge in [0.05, 0.1) is 0 Å². The Labute approximate surface area is 158 Å². The van der Waals surface area contributed by atoms with E-state index in [1.807, 2.05) is 0 Å². The number of carboxylic acid groups (broad SMARTS) is 1. The average Bonchev–Trinajstić information content (AvgIpc) is 2.63. The number of nitrogens with one attached hydrogen (secondary N) is 1. The van der Waals surface area contributed by atoms with Gasteiger partial charge in [-0.25, -0.2) is 9.78 Å². The number of aromatic nitrogens is 1. The SMILES string of the molecule is CO/N=C(\C(=O)NC1C(=O)N2C(C(=O)O)=C(C)CS[C@H]12)c1cccc(N)n1. The van der Waals surface area contributed by atoms with E-state index in [-0.39, 0.29) is 22.9 Å². The number of hydrogen-bond acceptors (Lipinski definition) is 8. The molecular weight excluding hydrogens is 374 g/mol. The number of aliphatic carboxylic acids is 1. The maximum Gasteiger partial charge on any atom is 0.352 e. The summed E-state index contributed by atoms with van der Waals surface area (Å²) in [7, 11) is 1.28. The quantitative estimate of drug-likeness (QED) is 0.354. The van der Waals surface area contributed by atoms with E-state index in [1.165, 1.54) is 29.8 Å². The Morgan fingerprint density at radius 3 is 2.85 bits per heavy atom. The maximum absolute atomic E-state index is 12.6. The minimum absolute atomic E-state index is 0.0301. The van der Waals surface area contributed by atoms with E-state index in [9.17, 15) is 19.5 Å². The fourth-order valence-electron chi connectivity index (χ4n) is 2.86. The van der Waals surface area contributed by atoms with E-state index < -0.39 is 29.2 Å². The molecule has 4 N–H and O–H groups in total. The molecule has 2 aliphatic rings. The van der Waals surface area contributed by atoms with E-state index in [0.717, 1.165) is 0 Å². The number of carbonyl (C=O) groups excluding carboxylic acids is 2. The van der Waals surface area contributed by atoms with E-state index >= 15 is 0 Å². The summed E-state index contributed by atoms with van der Waals surface area (Å²) in [6.45, 7) is 1.67. The smallest absolute Gasteiger partial charge is 0.352 e. The molecule has 11 heteroatoms. The van der Waals surface area contributed by atoms with Gasteiger partial charge in [-0.15, -0.1) is 11.8 Å². The number of oxime groups is 1. The predicted molar refractivity (Wildman–Crippen MR) is 97.6 cm³/mol. The van der Waals surface area contributed by atoms with E-state index in [1.54, 1.807) is 19.1 Å². The Morgan fingerprint density at radius 1 is 1.48 bits per heavy atom. The summed E-state index contributed by atoms with van der Waals surface area (Å²) >= 11 is 1.38. The monoisotopic (exact) mass is 391 g/mol. The van der Waals surface area contributed by atoms with Crippen LogP contribution in [0.2, 0.25) is 0 Å². The number of anilines is 1. The van der Waals surface area contributed by atoms with Crippen molar-refractivity contribution in [1.82, 2.24) is 15.2 Å². The molecule has 0 bridgehead atoms. The van der Waals surface area contributed by atoms with Crippen LogP contribution in [0.25, 0.3) is 0 Å². The molecule has 142 valence electrons. The number of thioether (sulfide) groups is 1. The van der Waals surface area contributed by atoms with Crippen molar-refractivity contribution >= 4 is 41.1 Å². The van der Waals surface area contributed by atoms with Gasteiger partial charge in [-0.3, -0.25) is 14.5 Å². The Balaban J connectivity index is 1.80. The first-order valence-corrected chi connectivity index (χ1v) is 8.92. The molecule has 0 aromatic carbocycles. The van der Waals surface area contributed by atoms with Crippen molar-refractivity contribution in [3.8, 4) is 0 Å². The van der Waals surface area contributed by atoms with Gasteiger partial charge in [0.25, 0.3) is 11.8 Å². The van der Waals surface area contributed by atoms with E-state index in [0.29, 0.717) is 11.3 Å². The van der Waals surface area contributed by atoms with Crippen LogP contribution in [-0.2, 0) is 19.2 Å². The lowest BCUT2D eigenvalue weighted by Gasteiger charge is -2.49. The van der Waals surface area contributed by atoms with Gasteiger partial charge in [0, 0.05) is 5.75 Å². The fraction of sp³-hybridized carbons (Fsp3) is 0.312. The van der Waals surface area contributed by atoms with Crippen LogP contribution in [0.1, 0.15) is 12.6 Å². The number of rotatable bonds is 5. The lowest BCUT2D eigenvalue weighted by atomic mass is 10.0. The molecule has 3 rings (SSSR count). The minimum Gasteiger partial charge on any atom is -0.477 e. The van der Waals surface area contributed by atoms with Crippen LogP contribution in [0.5, 0.6) is 0 Å². The lowest BCUT2D eigenvalue weighted by Crippen LogP contribution is -2.71. The van der Waals surface area contributed by atoms with Gasteiger partial charge in [-0.1, -0.05) is 11.2 Å². The van der Waals surface area contributed by atoms with Crippen LogP contribution in [-0.4, -0.2) is 62.8 Å². The van der Waals surface area contributed by atoms with Gasteiger partial charge < -0.3 is 21.0 Å². The van der Waals surface area contributed by atoms with Crippen molar-refractivity contribution in [3.05, 3.63) is 35.2 Å². The second kappa shape index (κ2) is 7.27. The van der Waals surface area contributed by atoms with Gasteiger partial charge >= 0.3 is 5.97 Å². The third-order valence-electron chi connectivity index (χ3n) is 4.06. The highest BCUT2D eigenvalue weighted by atomic mass is 32.2. The summed E-state index contributed by atoms with van der Waals surface area (Å²) in [5, 5.41) is 15.1. The largest absolute Gasteiger partial charge is 0.477 e. The summed E-state index contributed by atoms with van der Waals surface area (Å²) in [5.41, 5.74) is 6.26. The molecule has 1 saturated heterocycles. The van der Waals surface area contributed by atoms with Crippen LogP contribution in [0.4, 0.5) is 5.82 Å². The molecule has 0 saturated carbocycles. The van der Waals surface area contributed by atoms with Crippen LogP contribution in [0.15, 0.2) is 34.6 Å². The summed E-state index contributed by atoms with van der Waals surface area (Å²) in [5.74, 6) is -1.67. The predicted octanol–water partition coefficient (Wildman–Crippen LogP) is -0.227. The molecular formula is C16H17N5O5S. The van der Waals surface area contributed by atoms with Crippen molar-refractivity contribution in [1.29, 1.82) is 0 Å². The van der Waals surface area contributed by atoms with E-state index in [4.69, 9.17) is 10.6 Å². The standard InChI is InChI=1S/C16H17N5O5S/c1-7-6-27-15-11(14(23)21(15)12(7)16(24)25)19-13(22)10(20-26-2)8-4-3-5-9(17)18-8/h3-5,11,15H,6H2,1-2H3,(H2,17,18)(H,19,22)(H,24,25)/b20-10-/t11?,15-/m1/s1. The van der Waals surface area contributed by atoms with Gasteiger partial charge in [0.2, 0.25) is 0 Å². The zero-order valence-electron chi connectivity index (χ0n) is 14.5. The summed E-state index contributed by atoms with van der Waals surface area (Å²) in [6.07, 6.45) is 0. The Bertz CT molecular complexity index is 884. The van der Waals surface area contributed by atoms with E-state index in [2.05, 4.69) is 15.5 Å². The molecule has 2 atom stereocenters. The number of nitrogens with two attached hydrogens (primary N) is 1.